The lowest BCUT2D eigenvalue weighted by molar-refractivity contribution is -0.119. The summed E-state index contributed by atoms with van der Waals surface area (Å²) in [6.45, 7) is 3.33. The maximum atomic E-state index is 11.9. The second-order valence-corrected chi connectivity index (χ2v) is 5.96. The van der Waals surface area contributed by atoms with E-state index in [4.69, 9.17) is 10.8 Å². The van der Waals surface area contributed by atoms with E-state index in [1.165, 1.54) is 18.2 Å². The smallest absolute Gasteiger partial charge is 0.335 e. The average Bonchev–Trinajstić information content (AvgIpc) is 2.28. The van der Waals surface area contributed by atoms with Crippen molar-refractivity contribution in [2.24, 2.45) is 5.73 Å². The molecule has 0 spiro atoms. The maximum absolute atomic E-state index is 11.9. The summed E-state index contributed by atoms with van der Waals surface area (Å²) in [4.78, 5) is 33.6. The summed E-state index contributed by atoms with van der Waals surface area (Å²) in [6, 6.07) is 3.70. The monoisotopic (exact) mass is 357 g/mol. The summed E-state index contributed by atoms with van der Waals surface area (Å²) >= 11 is 3.18. The molecule has 21 heavy (non-hydrogen) atoms. The van der Waals surface area contributed by atoms with Gasteiger partial charge in [0.1, 0.15) is 0 Å². The molecule has 0 saturated carbocycles. The molecular formula is C13H16BrN3O4. The molecule has 0 atom stereocenters. The zero-order chi connectivity index (χ0) is 16.2. The Morgan fingerprint density at radius 1 is 1.33 bits per heavy atom. The molecular weight excluding hydrogens is 342 g/mol. The van der Waals surface area contributed by atoms with Gasteiger partial charge < -0.3 is 21.5 Å². The first kappa shape index (κ1) is 17.0. The Hall–Kier alpha value is -2.09. The number of aromatic carboxylic acids is 1. The highest BCUT2D eigenvalue weighted by Gasteiger charge is 2.23. The van der Waals surface area contributed by atoms with Crippen LogP contribution in [0.4, 0.5) is 10.5 Å². The van der Waals surface area contributed by atoms with E-state index < -0.39 is 23.4 Å². The lowest BCUT2D eigenvalue weighted by Gasteiger charge is -2.25. The predicted molar refractivity (Wildman–Crippen MR) is 81.1 cm³/mol. The topological polar surface area (TPSA) is 122 Å². The molecule has 1 aromatic rings. The molecule has 0 aliphatic rings. The fourth-order valence-corrected chi connectivity index (χ4v) is 2.17. The molecule has 0 unspecified atom stereocenters. The van der Waals surface area contributed by atoms with Crippen LogP contribution in [0.1, 0.15) is 30.6 Å². The molecule has 3 amide bonds. The minimum atomic E-state index is -1.06. The number of rotatable bonds is 5. The van der Waals surface area contributed by atoms with Gasteiger partial charge in [-0.3, -0.25) is 4.79 Å². The molecule has 1 aromatic carbocycles. The van der Waals surface area contributed by atoms with Crippen molar-refractivity contribution in [2.75, 3.05) is 5.32 Å². The van der Waals surface area contributed by atoms with Crippen LogP contribution in [0.2, 0.25) is 0 Å². The number of urea groups is 1. The highest BCUT2D eigenvalue weighted by atomic mass is 79.9. The molecule has 0 radical (unpaired) electrons. The van der Waals surface area contributed by atoms with E-state index >= 15 is 0 Å². The zero-order valence-electron chi connectivity index (χ0n) is 11.6. The molecule has 0 bridgehead atoms. The third-order valence-electron chi connectivity index (χ3n) is 2.53. The quantitative estimate of drug-likeness (QED) is 0.642. The molecule has 114 valence electrons. The molecule has 0 fully saturated rings. The fraction of sp³-hybridized carbons (Fsp3) is 0.308. The summed E-state index contributed by atoms with van der Waals surface area (Å²) < 4.78 is 0.435. The van der Waals surface area contributed by atoms with Crippen LogP contribution in [0, 0.1) is 0 Å². The van der Waals surface area contributed by atoms with Gasteiger partial charge in [0.25, 0.3) is 0 Å². The summed E-state index contributed by atoms with van der Waals surface area (Å²) in [5.41, 5.74) is 4.82. The van der Waals surface area contributed by atoms with Gasteiger partial charge in [0.2, 0.25) is 5.91 Å². The summed E-state index contributed by atoms with van der Waals surface area (Å²) in [5.74, 6) is -1.58. The van der Waals surface area contributed by atoms with E-state index in [0.717, 1.165) is 0 Å². The van der Waals surface area contributed by atoms with Crippen molar-refractivity contribution in [3.8, 4) is 0 Å². The Balaban J connectivity index is 2.75. The van der Waals surface area contributed by atoms with Crippen molar-refractivity contribution >= 4 is 39.5 Å². The van der Waals surface area contributed by atoms with Gasteiger partial charge in [0.05, 0.1) is 11.3 Å². The van der Waals surface area contributed by atoms with Crippen LogP contribution in [0.25, 0.3) is 0 Å². The Morgan fingerprint density at radius 2 is 1.95 bits per heavy atom. The van der Waals surface area contributed by atoms with E-state index in [2.05, 4.69) is 26.6 Å². The number of hydrogen-bond acceptors (Lipinski definition) is 3. The van der Waals surface area contributed by atoms with Gasteiger partial charge in [-0.05, 0) is 48.0 Å². The molecule has 0 heterocycles. The van der Waals surface area contributed by atoms with Crippen molar-refractivity contribution < 1.29 is 19.5 Å². The fourth-order valence-electron chi connectivity index (χ4n) is 1.69. The minimum absolute atomic E-state index is 0.000455. The number of nitrogens with two attached hydrogens (primary N) is 1. The lowest BCUT2D eigenvalue weighted by atomic mass is 10.0. The Morgan fingerprint density at radius 3 is 2.43 bits per heavy atom. The number of amides is 3. The number of nitrogens with one attached hydrogen (secondary N) is 2. The van der Waals surface area contributed by atoms with Gasteiger partial charge in [0.15, 0.2) is 0 Å². The number of carbonyl (C=O) groups excluding carboxylic acids is 2. The first-order valence-electron chi connectivity index (χ1n) is 6.01. The Bertz CT molecular complexity index is 587. The lowest BCUT2D eigenvalue weighted by Crippen LogP contribution is -2.47. The molecule has 0 saturated heterocycles. The number of halogens is 1. The van der Waals surface area contributed by atoms with Crippen LogP contribution in [0.5, 0.6) is 0 Å². The summed E-state index contributed by atoms with van der Waals surface area (Å²) in [5, 5.41) is 14.0. The summed E-state index contributed by atoms with van der Waals surface area (Å²) in [6.07, 6.45) is -0.000455. The standard InChI is InChI=1S/C13H16BrN3O4/c1-13(2,6-10(15)18)17-12(21)16-9-4-3-7(11(19)20)5-8(9)14/h3-5H,6H2,1-2H3,(H2,15,18)(H,19,20)(H2,16,17,21). The number of primary amides is 1. The molecule has 7 nitrogen and oxygen atoms in total. The van der Waals surface area contributed by atoms with Gasteiger partial charge in [-0.15, -0.1) is 0 Å². The molecule has 8 heteroatoms. The van der Waals surface area contributed by atoms with Crippen molar-refractivity contribution in [3.63, 3.8) is 0 Å². The summed E-state index contributed by atoms with van der Waals surface area (Å²) in [7, 11) is 0. The van der Waals surface area contributed by atoms with Crippen LogP contribution in [-0.2, 0) is 4.79 Å². The van der Waals surface area contributed by atoms with Crippen molar-refractivity contribution in [1.29, 1.82) is 0 Å². The predicted octanol–water partition coefficient (Wildman–Crippen LogP) is 1.92. The van der Waals surface area contributed by atoms with E-state index in [0.29, 0.717) is 10.2 Å². The number of hydrogen-bond donors (Lipinski definition) is 4. The molecule has 0 aliphatic heterocycles. The van der Waals surface area contributed by atoms with Gasteiger partial charge >= 0.3 is 12.0 Å². The van der Waals surface area contributed by atoms with Crippen molar-refractivity contribution in [1.82, 2.24) is 5.32 Å². The van der Waals surface area contributed by atoms with E-state index in [1.54, 1.807) is 13.8 Å². The number of carboxylic acid groups (broad SMARTS) is 1. The van der Waals surface area contributed by atoms with Crippen LogP contribution < -0.4 is 16.4 Å². The second-order valence-electron chi connectivity index (χ2n) is 5.11. The van der Waals surface area contributed by atoms with Crippen LogP contribution in [0.15, 0.2) is 22.7 Å². The van der Waals surface area contributed by atoms with Gasteiger partial charge in [-0.2, -0.15) is 0 Å². The first-order chi connectivity index (χ1) is 9.60. The number of anilines is 1. The van der Waals surface area contributed by atoms with Gasteiger partial charge in [0, 0.05) is 16.4 Å². The SMILES string of the molecule is CC(C)(CC(N)=O)NC(=O)Nc1ccc(C(=O)O)cc1Br. The minimum Gasteiger partial charge on any atom is -0.478 e. The molecule has 1 rings (SSSR count). The maximum Gasteiger partial charge on any atom is 0.335 e. The highest BCUT2D eigenvalue weighted by Crippen LogP contribution is 2.24. The van der Waals surface area contributed by atoms with Crippen molar-refractivity contribution in [3.05, 3.63) is 28.2 Å². The second kappa shape index (κ2) is 6.57. The van der Waals surface area contributed by atoms with Crippen LogP contribution in [-0.4, -0.2) is 28.6 Å². The van der Waals surface area contributed by atoms with Crippen LogP contribution >= 0.6 is 15.9 Å². The zero-order valence-corrected chi connectivity index (χ0v) is 13.2. The number of carboxylic acids is 1. The highest BCUT2D eigenvalue weighted by molar-refractivity contribution is 9.10. The third kappa shape index (κ3) is 5.42. The molecule has 5 N–H and O–H groups in total. The number of benzene rings is 1. The van der Waals surface area contributed by atoms with Gasteiger partial charge in [-0.25, -0.2) is 9.59 Å². The molecule has 0 aromatic heterocycles. The van der Waals surface area contributed by atoms with E-state index in [1.807, 2.05) is 0 Å². The van der Waals surface area contributed by atoms with E-state index in [-0.39, 0.29) is 12.0 Å². The Kier molecular flexibility index (Phi) is 5.31. The van der Waals surface area contributed by atoms with Crippen LogP contribution in [0.3, 0.4) is 0 Å². The largest absolute Gasteiger partial charge is 0.478 e. The third-order valence-corrected chi connectivity index (χ3v) is 3.19. The number of carbonyl (C=O) groups is 3. The molecule has 0 aliphatic carbocycles. The Labute approximate surface area is 130 Å². The average molecular weight is 358 g/mol. The van der Waals surface area contributed by atoms with Gasteiger partial charge in [-0.1, -0.05) is 0 Å². The van der Waals surface area contributed by atoms with E-state index in [9.17, 15) is 14.4 Å². The normalized spacial score (nSPS) is 10.8. The van der Waals surface area contributed by atoms with Crippen molar-refractivity contribution in [2.45, 2.75) is 25.8 Å². The first-order valence-corrected chi connectivity index (χ1v) is 6.80.